The molecule has 5 heteroatoms. The molecule has 5 nitrogen and oxygen atoms in total. The van der Waals surface area contributed by atoms with Gasteiger partial charge in [0, 0.05) is 24.3 Å². The van der Waals surface area contributed by atoms with Gasteiger partial charge in [0.15, 0.2) is 0 Å². The molecule has 1 N–H and O–H groups in total. The minimum atomic E-state index is -0.439. The summed E-state index contributed by atoms with van der Waals surface area (Å²) in [5.41, 5.74) is 1.02. The van der Waals surface area contributed by atoms with Crippen LogP contribution >= 0.6 is 0 Å². The van der Waals surface area contributed by atoms with Gasteiger partial charge in [0.05, 0.1) is 18.2 Å². The Kier molecular flexibility index (Phi) is 5.42. The van der Waals surface area contributed by atoms with Crippen molar-refractivity contribution in [1.82, 2.24) is 0 Å². The smallest absolute Gasteiger partial charge is 0.346 e. The fourth-order valence-electron chi connectivity index (χ4n) is 2.87. The molecule has 0 atom stereocenters. The molecule has 0 aliphatic carbocycles. The van der Waals surface area contributed by atoms with E-state index in [4.69, 9.17) is 9.15 Å². The molecule has 0 spiro atoms. The Morgan fingerprint density at radius 3 is 2.43 bits per heavy atom. The Labute approximate surface area is 135 Å². The highest BCUT2D eigenvalue weighted by molar-refractivity contribution is 6.04. The maximum absolute atomic E-state index is 12.5. The standard InChI is InChI=1S/C18H23NO4/c1-5-7-12-14(8-6-2)23-18(21)17-13(19-11(3)20)9-10-15(22-4)16(12)17/h9-10H,5-8H2,1-4H3,(H,19,20). The molecule has 2 rings (SSSR count). The van der Waals surface area contributed by atoms with Gasteiger partial charge in [-0.1, -0.05) is 20.3 Å². The van der Waals surface area contributed by atoms with Gasteiger partial charge in [0.2, 0.25) is 5.91 Å². The van der Waals surface area contributed by atoms with Crippen molar-refractivity contribution in [1.29, 1.82) is 0 Å². The Morgan fingerprint density at radius 2 is 1.87 bits per heavy atom. The number of rotatable bonds is 6. The summed E-state index contributed by atoms with van der Waals surface area (Å²) in [7, 11) is 1.58. The maximum Gasteiger partial charge on any atom is 0.346 e. The van der Waals surface area contributed by atoms with E-state index in [0.717, 1.165) is 30.2 Å². The van der Waals surface area contributed by atoms with Gasteiger partial charge in [0.25, 0.3) is 0 Å². The molecule has 0 aliphatic rings. The van der Waals surface area contributed by atoms with Gasteiger partial charge in [-0.15, -0.1) is 0 Å². The molecule has 1 aromatic heterocycles. The van der Waals surface area contributed by atoms with Crippen LogP contribution in [0.3, 0.4) is 0 Å². The molecular weight excluding hydrogens is 294 g/mol. The Hall–Kier alpha value is -2.30. The summed E-state index contributed by atoms with van der Waals surface area (Å²) in [6, 6.07) is 3.45. The van der Waals surface area contributed by atoms with Crippen molar-refractivity contribution >= 4 is 22.4 Å². The maximum atomic E-state index is 12.5. The topological polar surface area (TPSA) is 68.5 Å². The average Bonchev–Trinajstić information content (AvgIpc) is 2.50. The number of anilines is 1. The van der Waals surface area contributed by atoms with E-state index in [1.807, 2.05) is 6.92 Å². The second kappa shape index (κ2) is 7.31. The molecule has 2 aromatic rings. The van der Waals surface area contributed by atoms with Crippen molar-refractivity contribution in [3.8, 4) is 5.75 Å². The Morgan fingerprint density at radius 1 is 1.17 bits per heavy atom. The Balaban J connectivity index is 2.89. The molecular formula is C18H23NO4. The molecule has 0 saturated carbocycles. The van der Waals surface area contributed by atoms with Crippen molar-refractivity contribution < 1.29 is 13.9 Å². The number of aryl methyl sites for hydroxylation is 2. The summed E-state index contributed by atoms with van der Waals surface area (Å²) in [5.74, 6) is 1.11. The first-order valence-corrected chi connectivity index (χ1v) is 7.96. The number of amides is 1. The molecule has 23 heavy (non-hydrogen) atoms. The van der Waals surface area contributed by atoms with Crippen LogP contribution in [-0.2, 0) is 17.6 Å². The van der Waals surface area contributed by atoms with Crippen LogP contribution in [0.5, 0.6) is 5.75 Å². The number of methoxy groups -OCH3 is 1. The second-order valence-corrected chi connectivity index (χ2v) is 5.54. The molecule has 124 valence electrons. The number of carbonyl (C=O) groups excluding carboxylic acids is 1. The lowest BCUT2D eigenvalue weighted by Gasteiger charge is -2.15. The predicted octanol–water partition coefficient (Wildman–Crippen LogP) is 3.67. The van der Waals surface area contributed by atoms with Crippen molar-refractivity contribution in [3.05, 3.63) is 33.9 Å². The molecule has 1 aromatic carbocycles. The molecule has 1 heterocycles. The number of hydrogen-bond donors (Lipinski definition) is 1. The number of ether oxygens (including phenoxy) is 1. The molecule has 0 bridgehead atoms. The number of hydrogen-bond acceptors (Lipinski definition) is 4. The van der Waals surface area contributed by atoms with Gasteiger partial charge < -0.3 is 14.5 Å². The number of nitrogens with one attached hydrogen (secondary N) is 1. The molecule has 0 saturated heterocycles. The third-order valence-corrected chi connectivity index (χ3v) is 3.73. The third kappa shape index (κ3) is 3.38. The lowest BCUT2D eigenvalue weighted by Crippen LogP contribution is -2.13. The molecule has 0 fully saturated rings. The number of carbonyl (C=O) groups is 1. The van der Waals surface area contributed by atoms with Gasteiger partial charge >= 0.3 is 5.63 Å². The minimum Gasteiger partial charge on any atom is -0.496 e. The van der Waals surface area contributed by atoms with Crippen LogP contribution in [0.2, 0.25) is 0 Å². The van der Waals surface area contributed by atoms with Gasteiger partial charge in [-0.25, -0.2) is 4.79 Å². The van der Waals surface area contributed by atoms with Gasteiger partial charge in [-0.05, 0) is 25.0 Å². The van der Waals surface area contributed by atoms with E-state index < -0.39 is 5.63 Å². The summed E-state index contributed by atoms with van der Waals surface area (Å²) in [6.07, 6.45) is 3.30. The second-order valence-electron chi connectivity index (χ2n) is 5.54. The molecule has 0 unspecified atom stereocenters. The average molecular weight is 317 g/mol. The number of fused-ring (bicyclic) bond motifs is 1. The monoisotopic (exact) mass is 317 g/mol. The highest BCUT2D eigenvalue weighted by Gasteiger charge is 2.19. The fraction of sp³-hybridized carbons (Fsp3) is 0.444. The van der Waals surface area contributed by atoms with Crippen LogP contribution < -0.4 is 15.7 Å². The molecule has 0 radical (unpaired) electrons. The summed E-state index contributed by atoms with van der Waals surface area (Å²) in [5, 5.41) is 3.83. The van der Waals surface area contributed by atoms with Crippen LogP contribution in [0.4, 0.5) is 5.69 Å². The van der Waals surface area contributed by atoms with Crippen LogP contribution in [0.25, 0.3) is 10.8 Å². The van der Waals surface area contributed by atoms with E-state index in [0.29, 0.717) is 29.0 Å². The van der Waals surface area contributed by atoms with E-state index in [2.05, 4.69) is 12.2 Å². The van der Waals surface area contributed by atoms with Crippen LogP contribution in [-0.4, -0.2) is 13.0 Å². The van der Waals surface area contributed by atoms with Crippen molar-refractivity contribution in [2.45, 2.75) is 46.5 Å². The largest absolute Gasteiger partial charge is 0.496 e. The highest BCUT2D eigenvalue weighted by atomic mass is 16.5. The highest BCUT2D eigenvalue weighted by Crippen LogP contribution is 2.34. The first kappa shape index (κ1) is 17.1. The van der Waals surface area contributed by atoms with E-state index >= 15 is 0 Å². The van der Waals surface area contributed by atoms with Gasteiger partial charge in [-0.2, -0.15) is 0 Å². The predicted molar refractivity (Wildman–Crippen MR) is 91.3 cm³/mol. The fourth-order valence-corrected chi connectivity index (χ4v) is 2.87. The summed E-state index contributed by atoms with van der Waals surface area (Å²) < 4.78 is 11.0. The minimum absolute atomic E-state index is 0.231. The molecule has 1 amide bonds. The van der Waals surface area contributed by atoms with Crippen LogP contribution in [0.1, 0.15) is 44.9 Å². The summed E-state index contributed by atoms with van der Waals surface area (Å²) in [4.78, 5) is 24.0. The summed E-state index contributed by atoms with van der Waals surface area (Å²) >= 11 is 0. The van der Waals surface area contributed by atoms with Crippen molar-refractivity contribution in [2.75, 3.05) is 12.4 Å². The first-order chi connectivity index (χ1) is 11.0. The lowest BCUT2D eigenvalue weighted by molar-refractivity contribution is -0.114. The zero-order chi connectivity index (χ0) is 17.0. The third-order valence-electron chi connectivity index (χ3n) is 3.73. The van der Waals surface area contributed by atoms with E-state index in [9.17, 15) is 9.59 Å². The van der Waals surface area contributed by atoms with Crippen LogP contribution in [0.15, 0.2) is 21.3 Å². The zero-order valence-electron chi connectivity index (χ0n) is 14.1. The number of benzene rings is 1. The normalized spacial score (nSPS) is 10.8. The van der Waals surface area contributed by atoms with Crippen LogP contribution in [0, 0.1) is 0 Å². The van der Waals surface area contributed by atoms with Gasteiger partial charge in [-0.3, -0.25) is 4.79 Å². The SMILES string of the molecule is CCCc1oc(=O)c2c(NC(C)=O)ccc(OC)c2c1CCC. The van der Waals surface area contributed by atoms with E-state index in [-0.39, 0.29) is 5.91 Å². The first-order valence-electron chi connectivity index (χ1n) is 7.96. The quantitative estimate of drug-likeness (QED) is 0.882. The van der Waals surface area contributed by atoms with Crippen molar-refractivity contribution in [2.24, 2.45) is 0 Å². The Bertz CT molecular complexity index is 777. The van der Waals surface area contributed by atoms with E-state index in [1.54, 1.807) is 19.2 Å². The lowest BCUT2D eigenvalue weighted by atomic mass is 9.98. The van der Waals surface area contributed by atoms with Gasteiger partial charge in [0.1, 0.15) is 11.5 Å². The van der Waals surface area contributed by atoms with E-state index in [1.165, 1.54) is 6.92 Å². The summed E-state index contributed by atoms with van der Waals surface area (Å²) in [6.45, 7) is 5.54. The molecule has 0 aliphatic heterocycles. The van der Waals surface area contributed by atoms with Crippen molar-refractivity contribution in [3.63, 3.8) is 0 Å². The zero-order valence-corrected chi connectivity index (χ0v) is 14.1.